The van der Waals surface area contributed by atoms with Crippen LogP contribution in [-0.4, -0.2) is 12.9 Å². The van der Waals surface area contributed by atoms with E-state index in [4.69, 9.17) is 4.74 Å². The molecule has 0 saturated heterocycles. The molecule has 3 rings (SSSR count). The number of carbonyl (C=O) groups excluding carboxylic acids is 1. The molecule has 0 radical (unpaired) electrons. The van der Waals surface area contributed by atoms with Crippen molar-refractivity contribution < 1.29 is 13.9 Å². The van der Waals surface area contributed by atoms with Gasteiger partial charge >= 0.3 is 0 Å². The minimum atomic E-state index is -0.260. The Morgan fingerprint density at radius 2 is 2.05 bits per heavy atom. The first-order chi connectivity index (χ1) is 10.7. The third kappa shape index (κ3) is 2.89. The van der Waals surface area contributed by atoms with E-state index in [1.54, 1.807) is 18.2 Å². The number of hydrogen-bond donors (Lipinski definition) is 0. The molecule has 1 aliphatic carbocycles. The van der Waals surface area contributed by atoms with Gasteiger partial charge in [0, 0.05) is 16.7 Å². The summed E-state index contributed by atoms with van der Waals surface area (Å²) < 4.78 is 20.1. The summed E-state index contributed by atoms with van der Waals surface area (Å²) in [5.41, 5.74) is 2.97. The van der Waals surface area contributed by atoms with Crippen molar-refractivity contribution in [3.05, 3.63) is 53.3 Å². The lowest BCUT2D eigenvalue weighted by Crippen LogP contribution is -2.02. The van der Waals surface area contributed by atoms with Crippen LogP contribution in [0.3, 0.4) is 0 Å². The van der Waals surface area contributed by atoms with Crippen molar-refractivity contribution in [3.63, 3.8) is 0 Å². The van der Waals surface area contributed by atoms with E-state index in [-0.39, 0.29) is 5.82 Å². The van der Waals surface area contributed by atoms with E-state index in [0.717, 1.165) is 36.7 Å². The summed E-state index contributed by atoms with van der Waals surface area (Å²) in [6.45, 7) is 2.57. The molecule has 1 aliphatic rings. The second-order valence-electron chi connectivity index (χ2n) is 5.70. The van der Waals surface area contributed by atoms with Gasteiger partial charge < -0.3 is 4.74 Å². The molecular formula is C19H19FO2. The number of ether oxygens (including phenoxy) is 1. The highest BCUT2D eigenvalue weighted by molar-refractivity contribution is 5.83. The molecule has 0 N–H and O–H groups in total. The molecule has 0 spiro atoms. The van der Waals surface area contributed by atoms with E-state index in [0.29, 0.717) is 29.4 Å². The monoisotopic (exact) mass is 298 g/mol. The first-order valence-electron chi connectivity index (χ1n) is 7.75. The predicted molar refractivity (Wildman–Crippen MR) is 85.0 cm³/mol. The first-order valence-corrected chi connectivity index (χ1v) is 7.75. The molecule has 0 atom stereocenters. The van der Waals surface area contributed by atoms with Crippen LogP contribution in [0, 0.1) is 5.82 Å². The Kier molecular flexibility index (Phi) is 4.23. The number of hydrogen-bond acceptors (Lipinski definition) is 2. The van der Waals surface area contributed by atoms with Gasteiger partial charge in [0.25, 0.3) is 0 Å². The summed E-state index contributed by atoms with van der Waals surface area (Å²) in [6, 6.07) is 10.3. The smallest absolute Gasteiger partial charge is 0.150 e. The van der Waals surface area contributed by atoms with E-state index in [1.807, 2.05) is 19.1 Å². The maximum absolute atomic E-state index is 14.3. The summed E-state index contributed by atoms with van der Waals surface area (Å²) in [4.78, 5) is 11.2. The Morgan fingerprint density at radius 3 is 2.68 bits per heavy atom. The fraction of sp³-hybridized carbons (Fsp3) is 0.316. The van der Waals surface area contributed by atoms with E-state index in [2.05, 4.69) is 0 Å². The molecule has 3 heteroatoms. The molecule has 1 saturated carbocycles. The molecule has 114 valence electrons. The molecule has 0 unspecified atom stereocenters. The summed E-state index contributed by atoms with van der Waals surface area (Å²) in [6.07, 6.45) is 3.85. The molecule has 1 fully saturated rings. The molecule has 0 aromatic heterocycles. The third-order valence-corrected chi connectivity index (χ3v) is 3.91. The van der Waals surface area contributed by atoms with Gasteiger partial charge in [-0.25, -0.2) is 4.39 Å². The van der Waals surface area contributed by atoms with Crippen molar-refractivity contribution >= 4 is 6.29 Å². The maximum atomic E-state index is 14.3. The van der Waals surface area contributed by atoms with E-state index in [1.165, 1.54) is 6.07 Å². The average molecular weight is 298 g/mol. The van der Waals surface area contributed by atoms with E-state index < -0.39 is 0 Å². The minimum absolute atomic E-state index is 0.260. The lowest BCUT2D eigenvalue weighted by Gasteiger charge is -2.17. The minimum Gasteiger partial charge on any atom is -0.493 e. The molecule has 0 heterocycles. The van der Waals surface area contributed by atoms with Gasteiger partial charge in [0.2, 0.25) is 0 Å². The fourth-order valence-corrected chi connectivity index (χ4v) is 2.72. The third-order valence-electron chi connectivity index (χ3n) is 3.91. The molecule has 0 aliphatic heterocycles. The van der Waals surface area contributed by atoms with Crippen LogP contribution in [0.25, 0.3) is 11.1 Å². The Bertz CT molecular complexity index is 690. The molecule has 22 heavy (non-hydrogen) atoms. The van der Waals surface area contributed by atoms with Crippen LogP contribution in [0.2, 0.25) is 0 Å². The number of benzene rings is 2. The highest BCUT2D eigenvalue weighted by atomic mass is 19.1. The van der Waals surface area contributed by atoms with Crippen LogP contribution in [-0.2, 0) is 0 Å². The van der Waals surface area contributed by atoms with Crippen LogP contribution in [0.15, 0.2) is 36.4 Å². The Balaban J connectivity index is 2.20. The highest BCUT2D eigenvalue weighted by Crippen LogP contribution is 2.48. The van der Waals surface area contributed by atoms with E-state index in [9.17, 15) is 9.18 Å². The van der Waals surface area contributed by atoms with Gasteiger partial charge in [0.1, 0.15) is 17.9 Å². The van der Waals surface area contributed by atoms with Crippen molar-refractivity contribution in [3.8, 4) is 16.9 Å². The zero-order valence-electron chi connectivity index (χ0n) is 12.6. The summed E-state index contributed by atoms with van der Waals surface area (Å²) in [7, 11) is 0. The second-order valence-corrected chi connectivity index (χ2v) is 5.70. The van der Waals surface area contributed by atoms with Crippen LogP contribution in [0.4, 0.5) is 4.39 Å². The molecule has 0 amide bonds. The standard InChI is InChI=1S/C19H19FO2/c1-2-9-22-18-11-13(12-21)10-16(14-7-8-14)19(18)15-5-3-4-6-17(15)20/h3-6,10-12,14H,2,7-9H2,1H3. The number of halogens is 1. The van der Waals surface area contributed by atoms with Crippen LogP contribution >= 0.6 is 0 Å². The largest absolute Gasteiger partial charge is 0.493 e. The van der Waals surface area contributed by atoms with E-state index >= 15 is 0 Å². The number of aldehydes is 1. The molecule has 2 nitrogen and oxygen atoms in total. The molecule has 2 aromatic rings. The highest BCUT2D eigenvalue weighted by Gasteiger charge is 2.29. The lowest BCUT2D eigenvalue weighted by molar-refractivity contribution is 0.112. The zero-order chi connectivity index (χ0) is 15.5. The molecular weight excluding hydrogens is 279 g/mol. The van der Waals surface area contributed by atoms with Crippen molar-refractivity contribution in [1.82, 2.24) is 0 Å². The summed E-state index contributed by atoms with van der Waals surface area (Å²) in [5, 5.41) is 0. The van der Waals surface area contributed by atoms with Gasteiger partial charge in [-0.1, -0.05) is 25.1 Å². The Hall–Kier alpha value is -2.16. The quantitative estimate of drug-likeness (QED) is 0.704. The van der Waals surface area contributed by atoms with Gasteiger partial charge in [0.05, 0.1) is 6.61 Å². The van der Waals surface area contributed by atoms with Crippen LogP contribution in [0.5, 0.6) is 5.75 Å². The predicted octanol–water partition coefficient (Wildman–Crippen LogP) is 4.97. The first kappa shape index (κ1) is 14.8. The Morgan fingerprint density at radius 1 is 1.27 bits per heavy atom. The summed E-state index contributed by atoms with van der Waals surface area (Å²) in [5.74, 6) is 0.751. The van der Waals surface area contributed by atoms with Crippen LogP contribution < -0.4 is 4.74 Å². The second kappa shape index (κ2) is 6.30. The van der Waals surface area contributed by atoms with Crippen molar-refractivity contribution in [2.24, 2.45) is 0 Å². The maximum Gasteiger partial charge on any atom is 0.150 e. The van der Waals surface area contributed by atoms with Gasteiger partial charge in [-0.2, -0.15) is 0 Å². The van der Waals surface area contributed by atoms with Crippen LogP contribution in [0.1, 0.15) is 48.0 Å². The van der Waals surface area contributed by atoms with Gasteiger partial charge in [-0.15, -0.1) is 0 Å². The molecule has 2 aromatic carbocycles. The van der Waals surface area contributed by atoms with Gasteiger partial charge in [0.15, 0.2) is 0 Å². The zero-order valence-corrected chi connectivity index (χ0v) is 12.6. The lowest BCUT2D eigenvalue weighted by atomic mass is 9.93. The summed E-state index contributed by atoms with van der Waals surface area (Å²) >= 11 is 0. The average Bonchev–Trinajstić information content (AvgIpc) is 3.37. The van der Waals surface area contributed by atoms with Crippen molar-refractivity contribution in [2.75, 3.05) is 6.61 Å². The van der Waals surface area contributed by atoms with Crippen molar-refractivity contribution in [1.29, 1.82) is 0 Å². The topological polar surface area (TPSA) is 26.3 Å². The van der Waals surface area contributed by atoms with Gasteiger partial charge in [-0.05, 0) is 48.9 Å². The number of rotatable bonds is 6. The number of carbonyl (C=O) groups is 1. The fourth-order valence-electron chi connectivity index (χ4n) is 2.72. The SMILES string of the molecule is CCCOc1cc(C=O)cc(C2CC2)c1-c1ccccc1F. The normalized spacial score (nSPS) is 13.9. The Labute approximate surface area is 129 Å². The molecule has 0 bridgehead atoms. The van der Waals surface area contributed by atoms with Crippen molar-refractivity contribution in [2.45, 2.75) is 32.1 Å². The van der Waals surface area contributed by atoms with Gasteiger partial charge in [-0.3, -0.25) is 4.79 Å².